The highest BCUT2D eigenvalue weighted by Crippen LogP contribution is 2.30. The van der Waals surface area contributed by atoms with Gasteiger partial charge in [0.25, 0.3) is 0 Å². The number of rotatable bonds is 5. The van der Waals surface area contributed by atoms with Crippen molar-refractivity contribution in [2.45, 2.75) is 66.5 Å². The minimum atomic E-state index is -0.611. The molecular formula is C16H30O5. The zero-order valence-corrected chi connectivity index (χ0v) is 14.3. The van der Waals surface area contributed by atoms with Crippen LogP contribution in [0, 0.1) is 17.3 Å². The summed E-state index contributed by atoms with van der Waals surface area (Å²) in [6, 6.07) is 0. The van der Waals surface area contributed by atoms with Crippen LogP contribution in [0.1, 0.15) is 48.5 Å². The van der Waals surface area contributed by atoms with Gasteiger partial charge in [0, 0.05) is 11.8 Å². The first kappa shape index (κ1) is 18.4. The van der Waals surface area contributed by atoms with Gasteiger partial charge in [0.1, 0.15) is 0 Å². The van der Waals surface area contributed by atoms with Crippen LogP contribution in [0.2, 0.25) is 0 Å². The van der Waals surface area contributed by atoms with E-state index in [1.165, 1.54) is 0 Å². The SMILES string of the molecule is C[C@H]([C@H](O)[C@@H](C)COC(=O)C(C)(C)C)[C@@H]1COC(C)(C)O1. The number of carbonyl (C=O) groups is 1. The molecule has 0 amide bonds. The van der Waals surface area contributed by atoms with E-state index in [0.29, 0.717) is 6.61 Å². The smallest absolute Gasteiger partial charge is 0.311 e. The average Bonchev–Trinajstić information content (AvgIpc) is 2.72. The Morgan fingerprint density at radius 2 is 1.95 bits per heavy atom. The first-order chi connectivity index (χ1) is 9.44. The van der Waals surface area contributed by atoms with Crippen molar-refractivity contribution in [1.29, 1.82) is 0 Å². The van der Waals surface area contributed by atoms with Gasteiger partial charge < -0.3 is 19.3 Å². The Morgan fingerprint density at radius 3 is 2.38 bits per heavy atom. The van der Waals surface area contributed by atoms with E-state index in [1.54, 1.807) is 0 Å². The van der Waals surface area contributed by atoms with E-state index in [4.69, 9.17) is 14.2 Å². The highest BCUT2D eigenvalue weighted by molar-refractivity contribution is 5.75. The van der Waals surface area contributed by atoms with Gasteiger partial charge in [0.2, 0.25) is 0 Å². The summed E-state index contributed by atoms with van der Waals surface area (Å²) in [5, 5.41) is 10.4. The maximum atomic E-state index is 11.8. The molecule has 0 aliphatic carbocycles. The molecule has 4 atom stereocenters. The van der Waals surface area contributed by atoms with Crippen LogP contribution in [0.5, 0.6) is 0 Å². The average molecular weight is 302 g/mol. The molecule has 1 rings (SSSR count). The molecular weight excluding hydrogens is 272 g/mol. The summed E-state index contributed by atoms with van der Waals surface area (Å²) in [5.41, 5.74) is -0.525. The number of hydrogen-bond donors (Lipinski definition) is 1. The Labute approximate surface area is 128 Å². The summed E-state index contributed by atoms with van der Waals surface area (Å²) in [5.74, 6) is -1.09. The quantitative estimate of drug-likeness (QED) is 0.790. The first-order valence-corrected chi connectivity index (χ1v) is 7.61. The van der Waals surface area contributed by atoms with Gasteiger partial charge in [-0.1, -0.05) is 13.8 Å². The Morgan fingerprint density at radius 1 is 1.38 bits per heavy atom. The molecule has 0 radical (unpaired) electrons. The van der Waals surface area contributed by atoms with E-state index >= 15 is 0 Å². The Bertz CT molecular complexity index is 358. The third kappa shape index (κ3) is 5.24. The van der Waals surface area contributed by atoms with Crippen molar-refractivity contribution in [1.82, 2.24) is 0 Å². The maximum absolute atomic E-state index is 11.8. The number of hydrogen-bond acceptors (Lipinski definition) is 5. The Hall–Kier alpha value is -0.650. The zero-order chi connectivity index (χ0) is 16.4. The molecule has 1 N–H and O–H groups in total. The summed E-state index contributed by atoms with van der Waals surface area (Å²) < 4.78 is 16.6. The van der Waals surface area contributed by atoms with Gasteiger partial charge in [-0.2, -0.15) is 0 Å². The summed E-state index contributed by atoms with van der Waals surface area (Å²) in [6.07, 6.45) is -0.754. The second kappa shape index (κ2) is 6.63. The molecule has 1 aliphatic heterocycles. The standard InChI is InChI=1S/C16H30O5/c1-10(8-19-14(18)15(3,4)5)13(17)11(2)12-9-20-16(6,7)21-12/h10-13,17H,8-9H2,1-7H3/t10-,11-,12-,13+/m0/s1. The highest BCUT2D eigenvalue weighted by Gasteiger charge is 2.39. The lowest BCUT2D eigenvalue weighted by Gasteiger charge is -2.29. The van der Waals surface area contributed by atoms with Crippen molar-refractivity contribution < 1.29 is 24.1 Å². The van der Waals surface area contributed by atoms with Crippen molar-refractivity contribution in [2.24, 2.45) is 17.3 Å². The van der Waals surface area contributed by atoms with E-state index in [-0.39, 0.29) is 30.5 Å². The summed E-state index contributed by atoms with van der Waals surface area (Å²) in [7, 11) is 0. The van der Waals surface area contributed by atoms with Crippen molar-refractivity contribution >= 4 is 5.97 Å². The molecule has 1 saturated heterocycles. The van der Waals surface area contributed by atoms with Crippen LogP contribution in [-0.2, 0) is 19.0 Å². The molecule has 5 nitrogen and oxygen atoms in total. The molecule has 0 aromatic heterocycles. The van der Waals surface area contributed by atoms with E-state index < -0.39 is 17.3 Å². The highest BCUT2D eigenvalue weighted by atomic mass is 16.7. The van der Waals surface area contributed by atoms with Gasteiger partial charge in [-0.25, -0.2) is 0 Å². The van der Waals surface area contributed by atoms with Crippen LogP contribution < -0.4 is 0 Å². The number of aliphatic hydroxyl groups is 1. The molecule has 0 spiro atoms. The van der Waals surface area contributed by atoms with Crippen LogP contribution in [0.15, 0.2) is 0 Å². The molecule has 0 saturated carbocycles. The molecule has 21 heavy (non-hydrogen) atoms. The van der Waals surface area contributed by atoms with Crippen molar-refractivity contribution in [3.63, 3.8) is 0 Å². The third-order valence-corrected chi connectivity index (χ3v) is 3.83. The molecule has 0 bridgehead atoms. The fourth-order valence-electron chi connectivity index (χ4n) is 2.23. The van der Waals surface area contributed by atoms with Crippen LogP contribution in [-0.4, -0.2) is 42.3 Å². The predicted octanol–water partition coefficient (Wildman–Crippen LogP) is 2.36. The van der Waals surface area contributed by atoms with Gasteiger partial charge >= 0.3 is 5.97 Å². The van der Waals surface area contributed by atoms with Gasteiger partial charge in [0.15, 0.2) is 5.79 Å². The molecule has 1 aliphatic rings. The van der Waals surface area contributed by atoms with E-state index in [2.05, 4.69) is 0 Å². The predicted molar refractivity (Wildman–Crippen MR) is 79.7 cm³/mol. The lowest BCUT2D eigenvalue weighted by atomic mass is 9.90. The number of aliphatic hydroxyl groups excluding tert-OH is 1. The topological polar surface area (TPSA) is 65.0 Å². The fraction of sp³-hybridized carbons (Fsp3) is 0.938. The monoisotopic (exact) mass is 302 g/mol. The van der Waals surface area contributed by atoms with Gasteiger partial charge in [0.05, 0.1) is 30.8 Å². The van der Waals surface area contributed by atoms with E-state index in [0.717, 1.165) is 0 Å². The number of carbonyl (C=O) groups excluding carboxylic acids is 1. The largest absolute Gasteiger partial charge is 0.465 e. The zero-order valence-electron chi connectivity index (χ0n) is 14.3. The Kier molecular flexibility index (Phi) is 5.81. The van der Waals surface area contributed by atoms with E-state index in [1.807, 2.05) is 48.5 Å². The summed E-state index contributed by atoms with van der Waals surface area (Å²) >= 11 is 0. The summed E-state index contributed by atoms with van der Waals surface area (Å²) in [4.78, 5) is 11.8. The molecule has 124 valence electrons. The maximum Gasteiger partial charge on any atom is 0.311 e. The second-order valence-corrected chi connectivity index (χ2v) is 7.54. The lowest BCUT2D eigenvalue weighted by molar-refractivity contribution is -0.158. The van der Waals surface area contributed by atoms with Crippen LogP contribution in [0.4, 0.5) is 0 Å². The number of esters is 1. The summed E-state index contributed by atoms with van der Waals surface area (Å²) in [6.45, 7) is 13.6. The molecule has 0 aromatic rings. The molecule has 0 unspecified atom stereocenters. The van der Waals surface area contributed by atoms with Crippen molar-refractivity contribution in [3.8, 4) is 0 Å². The molecule has 5 heteroatoms. The van der Waals surface area contributed by atoms with Crippen LogP contribution in [0.25, 0.3) is 0 Å². The normalized spacial score (nSPS) is 26.2. The molecule has 1 fully saturated rings. The van der Waals surface area contributed by atoms with E-state index in [9.17, 15) is 9.90 Å². The minimum absolute atomic E-state index is 0.0879. The third-order valence-electron chi connectivity index (χ3n) is 3.83. The first-order valence-electron chi connectivity index (χ1n) is 7.61. The number of ether oxygens (including phenoxy) is 3. The van der Waals surface area contributed by atoms with Crippen LogP contribution in [0.3, 0.4) is 0 Å². The van der Waals surface area contributed by atoms with Crippen LogP contribution >= 0.6 is 0 Å². The minimum Gasteiger partial charge on any atom is -0.465 e. The molecule has 0 aromatic carbocycles. The van der Waals surface area contributed by atoms with Gasteiger partial charge in [-0.15, -0.1) is 0 Å². The van der Waals surface area contributed by atoms with Crippen molar-refractivity contribution in [2.75, 3.05) is 13.2 Å². The van der Waals surface area contributed by atoms with Gasteiger partial charge in [-0.05, 0) is 34.6 Å². The lowest BCUT2D eigenvalue weighted by Crippen LogP contribution is -2.38. The fourth-order valence-corrected chi connectivity index (χ4v) is 2.23. The van der Waals surface area contributed by atoms with Gasteiger partial charge in [-0.3, -0.25) is 4.79 Å². The van der Waals surface area contributed by atoms with Crippen molar-refractivity contribution in [3.05, 3.63) is 0 Å². The molecule has 1 heterocycles. The second-order valence-electron chi connectivity index (χ2n) is 7.54. The Balaban J connectivity index is 2.47.